The molecule has 1 heterocycles. The smallest absolute Gasteiger partial charge is 0.270 e. The van der Waals surface area contributed by atoms with Crippen molar-refractivity contribution < 1.29 is 14.3 Å². The monoisotopic (exact) mass is 636 g/mol. The normalized spacial score (nSPS) is 13.6. The molecule has 1 aliphatic rings. The van der Waals surface area contributed by atoms with Crippen LogP contribution < -0.4 is 14.5 Å². The van der Waals surface area contributed by atoms with Crippen molar-refractivity contribution in [1.82, 2.24) is 0 Å². The van der Waals surface area contributed by atoms with Crippen LogP contribution in [0.1, 0.15) is 11.1 Å². The largest absolute Gasteiger partial charge is 0.488 e. The number of hydrogen-bond acceptors (Lipinski definition) is 4. The van der Waals surface area contributed by atoms with E-state index in [9.17, 15) is 9.59 Å². The summed E-state index contributed by atoms with van der Waals surface area (Å²) >= 11 is 21.4. The van der Waals surface area contributed by atoms with Crippen molar-refractivity contribution >= 4 is 85.7 Å². The fourth-order valence-corrected chi connectivity index (χ4v) is 5.37. The van der Waals surface area contributed by atoms with Crippen LogP contribution in [0.3, 0.4) is 0 Å². The maximum atomic E-state index is 13.7. The van der Waals surface area contributed by atoms with Gasteiger partial charge in [-0.15, -0.1) is 0 Å². The van der Waals surface area contributed by atoms with Crippen molar-refractivity contribution in [3.63, 3.8) is 0 Å². The van der Waals surface area contributed by atoms with Crippen molar-refractivity contribution in [2.45, 2.75) is 6.61 Å². The number of thiocarbonyl (C=S) groups is 1. The molecule has 4 aromatic rings. The number of amides is 2. The van der Waals surface area contributed by atoms with Crippen molar-refractivity contribution in [3.05, 3.63) is 128 Å². The third-order valence-electron chi connectivity index (χ3n) is 5.94. The molecule has 0 unspecified atom stereocenters. The van der Waals surface area contributed by atoms with Crippen molar-refractivity contribution in [2.75, 3.05) is 9.80 Å². The lowest BCUT2D eigenvalue weighted by atomic mass is 10.0. The van der Waals surface area contributed by atoms with E-state index < -0.39 is 11.8 Å². The topological polar surface area (TPSA) is 49.9 Å². The minimum absolute atomic E-state index is 0.0233. The van der Waals surface area contributed by atoms with Gasteiger partial charge in [-0.05, 0) is 88.3 Å². The minimum Gasteiger partial charge on any atom is -0.488 e. The van der Waals surface area contributed by atoms with Crippen LogP contribution in [-0.4, -0.2) is 16.9 Å². The van der Waals surface area contributed by atoms with Crippen LogP contribution in [0.5, 0.6) is 5.75 Å². The third-order valence-corrected chi connectivity index (χ3v) is 7.52. The van der Waals surface area contributed by atoms with Gasteiger partial charge >= 0.3 is 0 Å². The summed E-state index contributed by atoms with van der Waals surface area (Å²) in [7, 11) is 0. The Balaban J connectivity index is 1.47. The first-order valence-electron chi connectivity index (χ1n) is 11.7. The summed E-state index contributed by atoms with van der Waals surface area (Å²) in [5.74, 6) is -0.433. The molecule has 0 spiro atoms. The van der Waals surface area contributed by atoms with E-state index in [0.29, 0.717) is 37.2 Å². The van der Waals surface area contributed by atoms with Crippen LogP contribution in [0.15, 0.2) is 107 Å². The van der Waals surface area contributed by atoms with Gasteiger partial charge in [-0.2, -0.15) is 0 Å². The van der Waals surface area contributed by atoms with Gasteiger partial charge in [0.05, 0.1) is 15.8 Å². The number of ether oxygens (including phenoxy) is 1. The Morgan fingerprint density at radius 3 is 1.92 bits per heavy atom. The zero-order chi connectivity index (χ0) is 27.5. The summed E-state index contributed by atoms with van der Waals surface area (Å²) in [6, 6.07) is 28.5. The summed E-state index contributed by atoms with van der Waals surface area (Å²) in [4.78, 5) is 30.1. The van der Waals surface area contributed by atoms with E-state index in [1.807, 2.05) is 36.4 Å². The molecular weight excluding hydrogens is 619 g/mol. The van der Waals surface area contributed by atoms with Gasteiger partial charge in [-0.3, -0.25) is 19.4 Å². The number of anilines is 2. The van der Waals surface area contributed by atoms with Crippen LogP contribution in [-0.2, 0) is 16.2 Å². The highest BCUT2D eigenvalue weighted by molar-refractivity contribution is 9.10. The quantitative estimate of drug-likeness (QED) is 0.122. The first-order chi connectivity index (χ1) is 18.8. The highest BCUT2D eigenvalue weighted by Crippen LogP contribution is 2.32. The molecule has 0 bridgehead atoms. The Kier molecular flexibility index (Phi) is 8.14. The minimum atomic E-state index is -0.503. The second-order valence-corrected chi connectivity index (χ2v) is 10.6. The summed E-state index contributed by atoms with van der Waals surface area (Å²) in [5, 5.41) is 1.15. The molecule has 4 aromatic carbocycles. The summed E-state index contributed by atoms with van der Waals surface area (Å²) < 4.78 is 6.58. The lowest BCUT2D eigenvalue weighted by molar-refractivity contribution is -0.120. The van der Waals surface area contributed by atoms with Gasteiger partial charge in [0.1, 0.15) is 17.9 Å². The second kappa shape index (κ2) is 11.7. The predicted octanol–water partition coefficient (Wildman–Crippen LogP) is 8.08. The zero-order valence-electron chi connectivity index (χ0n) is 20.2. The van der Waals surface area contributed by atoms with Crippen LogP contribution >= 0.6 is 51.3 Å². The Bertz CT molecular complexity index is 1550. The lowest BCUT2D eigenvalue weighted by Crippen LogP contribution is -2.56. The molecule has 0 radical (unpaired) electrons. The average molecular weight is 638 g/mol. The van der Waals surface area contributed by atoms with Crippen LogP contribution in [0.25, 0.3) is 6.08 Å². The molecule has 9 heteroatoms. The number of carbonyl (C=O) groups is 2. The molecule has 2 amide bonds. The average Bonchev–Trinajstić information content (AvgIpc) is 2.93. The van der Waals surface area contributed by atoms with Crippen molar-refractivity contribution in [3.8, 4) is 5.75 Å². The molecule has 1 fully saturated rings. The maximum absolute atomic E-state index is 13.7. The molecule has 0 atom stereocenters. The van der Waals surface area contributed by atoms with Gasteiger partial charge in [0.15, 0.2) is 5.11 Å². The number of hydrogen-bond donors (Lipinski definition) is 0. The Morgan fingerprint density at radius 1 is 0.795 bits per heavy atom. The van der Waals surface area contributed by atoms with Gasteiger partial charge in [-0.25, -0.2) is 0 Å². The van der Waals surface area contributed by atoms with Gasteiger partial charge < -0.3 is 4.74 Å². The number of carbonyl (C=O) groups excluding carboxylic acids is 2. The van der Waals surface area contributed by atoms with Gasteiger partial charge in [-0.1, -0.05) is 71.7 Å². The van der Waals surface area contributed by atoms with E-state index in [4.69, 9.17) is 40.2 Å². The van der Waals surface area contributed by atoms with Crippen LogP contribution in [0, 0.1) is 0 Å². The van der Waals surface area contributed by atoms with Gasteiger partial charge in [0.25, 0.3) is 11.8 Å². The fourth-order valence-electron chi connectivity index (χ4n) is 4.02. The SMILES string of the molecule is O=C1C(=Cc2ccc(OCc3ccc(Cl)cc3Cl)c(Br)c2)C(=O)N(c2ccccc2)C(=S)N1c1ccccc1. The summed E-state index contributed by atoms with van der Waals surface area (Å²) in [6.45, 7) is 0.238. The molecule has 1 saturated heterocycles. The molecule has 0 N–H and O–H groups in total. The number of benzene rings is 4. The van der Waals surface area contributed by atoms with Crippen molar-refractivity contribution in [1.29, 1.82) is 0 Å². The van der Waals surface area contributed by atoms with E-state index >= 15 is 0 Å². The third kappa shape index (κ3) is 5.77. The van der Waals surface area contributed by atoms with Gasteiger partial charge in [0, 0.05) is 15.6 Å². The van der Waals surface area contributed by atoms with Gasteiger partial charge in [0.2, 0.25) is 0 Å². The zero-order valence-corrected chi connectivity index (χ0v) is 24.1. The number of nitrogens with zero attached hydrogens (tertiary/aromatic N) is 2. The van der Waals surface area contributed by atoms with E-state index in [1.165, 1.54) is 9.80 Å². The maximum Gasteiger partial charge on any atom is 0.270 e. The fraction of sp³-hybridized carbons (Fsp3) is 0.0333. The first kappa shape index (κ1) is 27.1. The molecule has 5 rings (SSSR count). The molecular formula is C30H19BrCl2N2O3S. The van der Waals surface area contributed by atoms with E-state index in [-0.39, 0.29) is 17.3 Å². The second-order valence-electron chi connectivity index (χ2n) is 8.51. The molecule has 0 aromatic heterocycles. The van der Waals surface area contributed by atoms with E-state index in [1.54, 1.807) is 66.7 Å². The lowest BCUT2D eigenvalue weighted by Gasteiger charge is -2.36. The Morgan fingerprint density at radius 2 is 1.38 bits per heavy atom. The first-order valence-corrected chi connectivity index (χ1v) is 13.7. The van der Waals surface area contributed by atoms with Crippen LogP contribution in [0.2, 0.25) is 10.0 Å². The highest BCUT2D eigenvalue weighted by atomic mass is 79.9. The Labute approximate surface area is 249 Å². The van der Waals surface area contributed by atoms with E-state index in [2.05, 4.69) is 15.9 Å². The molecule has 1 aliphatic heterocycles. The standard InChI is InChI=1S/C30H19BrCl2N2O3S/c31-25-16-19(11-14-27(25)38-18-20-12-13-21(32)17-26(20)33)15-24-28(36)34(22-7-3-1-4-8-22)30(39)35(29(24)37)23-9-5-2-6-10-23/h1-17H,18H2. The highest BCUT2D eigenvalue weighted by Gasteiger charge is 2.41. The molecule has 0 aliphatic carbocycles. The number of para-hydroxylation sites is 2. The number of halogens is 3. The number of rotatable bonds is 6. The molecule has 39 heavy (non-hydrogen) atoms. The van der Waals surface area contributed by atoms with Crippen LogP contribution in [0.4, 0.5) is 11.4 Å². The van der Waals surface area contributed by atoms with E-state index in [0.717, 1.165) is 5.56 Å². The molecule has 5 nitrogen and oxygen atoms in total. The Hall–Kier alpha value is -3.49. The summed E-state index contributed by atoms with van der Waals surface area (Å²) in [5.41, 5.74) is 2.53. The summed E-state index contributed by atoms with van der Waals surface area (Å²) in [6.07, 6.45) is 1.56. The molecule has 0 saturated carbocycles. The molecule has 194 valence electrons. The predicted molar refractivity (Wildman–Crippen MR) is 163 cm³/mol. The van der Waals surface area contributed by atoms with Crippen molar-refractivity contribution in [2.24, 2.45) is 0 Å².